The highest BCUT2D eigenvalue weighted by molar-refractivity contribution is 6.39. The van der Waals surface area contributed by atoms with Gasteiger partial charge in [0.05, 0.1) is 67.0 Å². The van der Waals surface area contributed by atoms with Crippen molar-refractivity contribution in [2.45, 2.75) is 19.4 Å². The SMILES string of the molecule is CC(Cc1ccc(-c2c(OCCOCCOCCOCCN)cnn(C)c2=O)cc1)NC(=O)c1c(Cl)cncc1Cl. The summed E-state index contributed by atoms with van der Waals surface area (Å²) in [5.74, 6) is -0.0116. The number of rotatable bonds is 17. The number of aryl methyl sites for hydroxylation is 1. The first kappa shape index (κ1) is 32.5. The van der Waals surface area contributed by atoms with Crippen LogP contribution < -0.4 is 21.3 Å². The summed E-state index contributed by atoms with van der Waals surface area (Å²) in [5, 5.41) is 7.37. The average Bonchev–Trinajstić information content (AvgIpc) is 2.94. The van der Waals surface area contributed by atoms with Crippen molar-refractivity contribution in [1.82, 2.24) is 20.1 Å². The molecule has 13 heteroatoms. The molecule has 3 N–H and O–H groups in total. The molecule has 0 aliphatic carbocycles. The number of benzene rings is 1. The smallest absolute Gasteiger partial charge is 0.278 e. The highest BCUT2D eigenvalue weighted by atomic mass is 35.5. The Labute approximate surface area is 248 Å². The van der Waals surface area contributed by atoms with Crippen molar-refractivity contribution in [1.29, 1.82) is 0 Å². The first-order valence-electron chi connectivity index (χ1n) is 13.1. The predicted octanol–water partition coefficient (Wildman–Crippen LogP) is 2.90. The Bertz CT molecular complexity index is 1300. The zero-order valence-electron chi connectivity index (χ0n) is 23.1. The van der Waals surface area contributed by atoms with E-state index in [-0.39, 0.29) is 39.7 Å². The summed E-state index contributed by atoms with van der Waals surface area (Å²) >= 11 is 12.2. The van der Waals surface area contributed by atoms with Gasteiger partial charge in [0.25, 0.3) is 11.5 Å². The maximum Gasteiger partial charge on any atom is 0.278 e. The molecular weight excluding hydrogens is 573 g/mol. The van der Waals surface area contributed by atoms with Crippen LogP contribution in [0, 0.1) is 0 Å². The van der Waals surface area contributed by atoms with Crippen LogP contribution in [-0.2, 0) is 27.7 Å². The molecule has 0 fully saturated rings. The van der Waals surface area contributed by atoms with Crippen molar-refractivity contribution in [3.63, 3.8) is 0 Å². The molecule has 0 aliphatic rings. The van der Waals surface area contributed by atoms with E-state index in [0.29, 0.717) is 69.5 Å². The van der Waals surface area contributed by atoms with E-state index in [9.17, 15) is 9.59 Å². The van der Waals surface area contributed by atoms with Gasteiger partial charge in [0.15, 0.2) is 5.75 Å². The summed E-state index contributed by atoms with van der Waals surface area (Å²) in [6, 6.07) is 7.28. The molecule has 1 atom stereocenters. The van der Waals surface area contributed by atoms with Crippen LogP contribution in [0.2, 0.25) is 10.0 Å². The van der Waals surface area contributed by atoms with Crippen LogP contribution >= 0.6 is 23.2 Å². The van der Waals surface area contributed by atoms with Gasteiger partial charge in [0.2, 0.25) is 0 Å². The number of halogens is 2. The number of nitrogens with two attached hydrogens (primary N) is 1. The third kappa shape index (κ3) is 10.1. The molecule has 2 heterocycles. The van der Waals surface area contributed by atoms with Crippen molar-refractivity contribution < 1.29 is 23.7 Å². The van der Waals surface area contributed by atoms with Crippen LogP contribution in [0.1, 0.15) is 22.8 Å². The largest absolute Gasteiger partial charge is 0.489 e. The fourth-order valence-electron chi connectivity index (χ4n) is 3.87. The molecule has 0 bridgehead atoms. The lowest BCUT2D eigenvalue weighted by Crippen LogP contribution is -2.34. The maximum atomic E-state index is 12.9. The van der Waals surface area contributed by atoms with Crippen LogP contribution in [0.25, 0.3) is 11.1 Å². The molecule has 3 rings (SSSR count). The van der Waals surface area contributed by atoms with Crippen molar-refractivity contribution >= 4 is 29.1 Å². The monoisotopic (exact) mass is 607 g/mol. The maximum absolute atomic E-state index is 12.9. The highest BCUT2D eigenvalue weighted by Gasteiger charge is 2.18. The van der Waals surface area contributed by atoms with Crippen molar-refractivity contribution in [3.05, 3.63) is 74.4 Å². The number of nitrogens with one attached hydrogen (secondary N) is 1. The number of pyridine rings is 1. The highest BCUT2D eigenvalue weighted by Crippen LogP contribution is 2.26. The lowest BCUT2D eigenvalue weighted by molar-refractivity contribution is 0.0106. The molecule has 1 aromatic carbocycles. The Kier molecular flexibility index (Phi) is 13.5. The van der Waals surface area contributed by atoms with Crippen LogP contribution in [0.5, 0.6) is 5.75 Å². The molecule has 0 saturated heterocycles. The molecule has 222 valence electrons. The second kappa shape index (κ2) is 17.0. The molecule has 0 aliphatic heterocycles. The van der Waals surface area contributed by atoms with Gasteiger partial charge in [-0.3, -0.25) is 14.6 Å². The van der Waals surface area contributed by atoms with Crippen LogP contribution in [0.15, 0.2) is 47.7 Å². The third-order valence-corrected chi connectivity index (χ3v) is 6.41. The first-order valence-corrected chi connectivity index (χ1v) is 13.9. The third-order valence-electron chi connectivity index (χ3n) is 5.84. The Morgan fingerprint density at radius 3 is 2.15 bits per heavy atom. The summed E-state index contributed by atoms with van der Waals surface area (Å²) in [7, 11) is 1.58. The fourth-order valence-corrected chi connectivity index (χ4v) is 4.41. The average molecular weight is 609 g/mol. The van der Waals surface area contributed by atoms with Crippen LogP contribution in [-0.4, -0.2) is 79.5 Å². The molecular formula is C28H35Cl2N5O6. The van der Waals surface area contributed by atoms with Gasteiger partial charge in [-0.25, -0.2) is 4.68 Å². The Hall–Kier alpha value is -3.06. The number of carbonyl (C=O) groups excluding carboxylic acids is 1. The molecule has 41 heavy (non-hydrogen) atoms. The molecule has 1 unspecified atom stereocenters. The lowest BCUT2D eigenvalue weighted by Gasteiger charge is -2.16. The molecule has 3 aromatic rings. The van der Waals surface area contributed by atoms with Gasteiger partial charge in [-0.15, -0.1) is 0 Å². The molecule has 11 nitrogen and oxygen atoms in total. The minimum Gasteiger partial charge on any atom is -0.489 e. The predicted molar refractivity (Wildman–Crippen MR) is 157 cm³/mol. The van der Waals surface area contributed by atoms with Crippen LogP contribution in [0.3, 0.4) is 0 Å². The number of nitrogens with zero attached hydrogens (tertiary/aromatic N) is 3. The molecule has 2 aromatic heterocycles. The van der Waals surface area contributed by atoms with Crippen molar-refractivity contribution in [3.8, 4) is 16.9 Å². The Morgan fingerprint density at radius 1 is 0.951 bits per heavy atom. The number of carbonyl (C=O) groups is 1. The van der Waals surface area contributed by atoms with E-state index in [2.05, 4.69) is 15.4 Å². The van der Waals surface area contributed by atoms with E-state index in [1.54, 1.807) is 7.05 Å². The number of aromatic nitrogens is 3. The number of hydrogen-bond donors (Lipinski definition) is 2. The number of hydrogen-bond acceptors (Lipinski definition) is 9. The fraction of sp³-hybridized carbons (Fsp3) is 0.429. The lowest BCUT2D eigenvalue weighted by atomic mass is 10.0. The van der Waals surface area contributed by atoms with Gasteiger partial charge < -0.3 is 30.0 Å². The number of amides is 1. The van der Waals surface area contributed by atoms with Gasteiger partial charge in [-0.1, -0.05) is 47.5 Å². The summed E-state index contributed by atoms with van der Waals surface area (Å²) in [5.41, 5.74) is 7.31. The number of ether oxygens (including phenoxy) is 4. The standard InChI is InChI=1S/C28H35Cl2N5O6/c1-19(34-27(36)26-22(29)16-32-17-23(26)30)15-20-3-5-21(6-4-20)25-24(18-33-35(2)28(25)37)41-14-13-40-12-11-39-10-9-38-8-7-31/h3-6,16-19H,7-15,31H2,1-2H3,(H,34,36). The van der Waals surface area contributed by atoms with E-state index in [0.717, 1.165) is 5.56 Å². The Balaban J connectivity index is 1.53. The first-order chi connectivity index (χ1) is 19.8. The second-order valence-corrected chi connectivity index (χ2v) is 9.85. The molecule has 0 spiro atoms. The van der Waals surface area contributed by atoms with Gasteiger partial charge in [0, 0.05) is 32.0 Å². The minimum atomic E-state index is -0.377. The molecule has 0 saturated carbocycles. The minimum absolute atomic E-state index is 0.185. The topological polar surface area (TPSA) is 140 Å². The van der Waals surface area contributed by atoms with E-state index < -0.39 is 0 Å². The zero-order chi connectivity index (χ0) is 29.6. The summed E-state index contributed by atoms with van der Waals surface area (Å²) < 4.78 is 23.3. The van der Waals surface area contributed by atoms with E-state index in [1.807, 2.05) is 31.2 Å². The summed E-state index contributed by atoms with van der Waals surface area (Å²) in [6.45, 7) is 5.25. The molecule has 1 amide bonds. The summed E-state index contributed by atoms with van der Waals surface area (Å²) in [4.78, 5) is 29.5. The van der Waals surface area contributed by atoms with E-state index in [1.165, 1.54) is 23.3 Å². The molecule has 0 radical (unpaired) electrons. The normalized spacial score (nSPS) is 11.8. The van der Waals surface area contributed by atoms with Crippen LogP contribution in [0.4, 0.5) is 0 Å². The Morgan fingerprint density at radius 2 is 1.54 bits per heavy atom. The quantitative estimate of drug-likeness (QED) is 0.222. The van der Waals surface area contributed by atoms with Gasteiger partial charge in [-0.2, -0.15) is 5.10 Å². The second-order valence-electron chi connectivity index (χ2n) is 9.04. The van der Waals surface area contributed by atoms with E-state index in [4.69, 9.17) is 47.9 Å². The zero-order valence-corrected chi connectivity index (χ0v) is 24.6. The van der Waals surface area contributed by atoms with Gasteiger partial charge in [0.1, 0.15) is 6.61 Å². The van der Waals surface area contributed by atoms with Crippen molar-refractivity contribution in [2.75, 3.05) is 52.8 Å². The van der Waals surface area contributed by atoms with E-state index >= 15 is 0 Å². The summed E-state index contributed by atoms with van der Waals surface area (Å²) in [6.07, 6.45) is 4.81. The van der Waals surface area contributed by atoms with Gasteiger partial charge >= 0.3 is 0 Å². The van der Waals surface area contributed by atoms with Crippen molar-refractivity contribution in [2.24, 2.45) is 12.8 Å². The van der Waals surface area contributed by atoms with Gasteiger partial charge in [-0.05, 0) is 24.5 Å².